The zero-order valence-electron chi connectivity index (χ0n) is 11.8. The SMILES string of the molecule is CCOC(=O)C1CCCN(c2nc(C)cc(C#N)n2)C1. The van der Waals surface area contributed by atoms with Crippen molar-refractivity contribution in [3.63, 3.8) is 0 Å². The van der Waals surface area contributed by atoms with Gasteiger partial charge in [0.15, 0.2) is 0 Å². The first kappa shape index (κ1) is 14.3. The minimum atomic E-state index is -0.162. The fourth-order valence-electron chi connectivity index (χ4n) is 2.36. The Kier molecular flexibility index (Phi) is 4.51. The number of ether oxygens (including phenoxy) is 1. The maximum absolute atomic E-state index is 11.8. The fraction of sp³-hybridized carbons (Fsp3) is 0.571. The van der Waals surface area contributed by atoms with E-state index < -0.39 is 0 Å². The van der Waals surface area contributed by atoms with Gasteiger partial charge in [-0.25, -0.2) is 9.97 Å². The van der Waals surface area contributed by atoms with Crippen molar-refractivity contribution in [2.45, 2.75) is 26.7 Å². The summed E-state index contributed by atoms with van der Waals surface area (Å²) in [5, 5.41) is 8.96. The van der Waals surface area contributed by atoms with Gasteiger partial charge in [-0.2, -0.15) is 5.26 Å². The summed E-state index contributed by atoms with van der Waals surface area (Å²) in [6.45, 7) is 5.38. The van der Waals surface area contributed by atoms with Crippen LogP contribution in [0.25, 0.3) is 0 Å². The number of aryl methyl sites for hydroxylation is 1. The first-order valence-corrected chi connectivity index (χ1v) is 6.81. The van der Waals surface area contributed by atoms with Crippen molar-refractivity contribution in [1.29, 1.82) is 5.26 Å². The van der Waals surface area contributed by atoms with Crippen LogP contribution in [0.1, 0.15) is 31.2 Å². The highest BCUT2D eigenvalue weighted by molar-refractivity contribution is 5.73. The van der Waals surface area contributed by atoms with Crippen LogP contribution in [0.5, 0.6) is 0 Å². The Labute approximate surface area is 118 Å². The number of carbonyl (C=O) groups excluding carboxylic acids is 1. The van der Waals surface area contributed by atoms with E-state index in [-0.39, 0.29) is 11.9 Å². The van der Waals surface area contributed by atoms with E-state index in [0.29, 0.717) is 24.8 Å². The molecule has 0 radical (unpaired) electrons. The Morgan fingerprint density at radius 1 is 1.60 bits per heavy atom. The molecule has 106 valence electrons. The second-order valence-corrected chi connectivity index (χ2v) is 4.84. The number of nitrogens with zero attached hydrogens (tertiary/aromatic N) is 4. The number of aromatic nitrogens is 2. The molecule has 0 amide bonds. The Hall–Kier alpha value is -2.16. The number of hydrogen-bond donors (Lipinski definition) is 0. The number of carbonyl (C=O) groups is 1. The molecule has 2 rings (SSSR count). The standard InChI is InChI=1S/C14H18N4O2/c1-3-20-13(19)11-5-4-6-18(9-11)14-16-10(2)7-12(8-15)17-14/h7,11H,3-6,9H2,1-2H3. The summed E-state index contributed by atoms with van der Waals surface area (Å²) in [5.74, 6) is 0.222. The molecule has 0 bridgehead atoms. The van der Waals surface area contributed by atoms with Crippen LogP contribution >= 0.6 is 0 Å². The molecule has 2 heterocycles. The van der Waals surface area contributed by atoms with Gasteiger partial charge in [0, 0.05) is 18.8 Å². The van der Waals surface area contributed by atoms with Crippen LogP contribution in [0, 0.1) is 24.2 Å². The van der Waals surface area contributed by atoms with Crippen molar-refractivity contribution in [2.24, 2.45) is 5.92 Å². The fourth-order valence-corrected chi connectivity index (χ4v) is 2.36. The van der Waals surface area contributed by atoms with Gasteiger partial charge in [0.25, 0.3) is 0 Å². The largest absolute Gasteiger partial charge is 0.466 e. The van der Waals surface area contributed by atoms with Gasteiger partial charge in [-0.3, -0.25) is 4.79 Å². The summed E-state index contributed by atoms with van der Waals surface area (Å²) in [5.41, 5.74) is 1.11. The van der Waals surface area contributed by atoms with Crippen LogP contribution in [0.3, 0.4) is 0 Å². The van der Waals surface area contributed by atoms with E-state index in [1.807, 2.05) is 17.9 Å². The second-order valence-electron chi connectivity index (χ2n) is 4.84. The molecule has 1 unspecified atom stereocenters. The van der Waals surface area contributed by atoms with Crippen molar-refractivity contribution in [3.05, 3.63) is 17.5 Å². The average Bonchev–Trinajstić information content (AvgIpc) is 2.47. The number of piperidine rings is 1. The lowest BCUT2D eigenvalue weighted by molar-refractivity contribution is -0.148. The van der Waals surface area contributed by atoms with E-state index in [1.54, 1.807) is 13.0 Å². The van der Waals surface area contributed by atoms with E-state index in [0.717, 1.165) is 25.1 Å². The van der Waals surface area contributed by atoms with Crippen molar-refractivity contribution < 1.29 is 9.53 Å². The Bertz CT molecular complexity index is 538. The first-order valence-electron chi connectivity index (χ1n) is 6.81. The highest BCUT2D eigenvalue weighted by atomic mass is 16.5. The molecule has 0 spiro atoms. The Morgan fingerprint density at radius 2 is 2.40 bits per heavy atom. The molecule has 1 aliphatic heterocycles. The predicted molar refractivity (Wildman–Crippen MR) is 73.1 cm³/mol. The van der Waals surface area contributed by atoms with Crippen LogP contribution in [-0.2, 0) is 9.53 Å². The third-order valence-corrected chi connectivity index (χ3v) is 3.28. The van der Waals surface area contributed by atoms with Crippen LogP contribution in [0.2, 0.25) is 0 Å². The van der Waals surface area contributed by atoms with Gasteiger partial charge in [-0.1, -0.05) is 0 Å². The summed E-state index contributed by atoms with van der Waals surface area (Å²) in [6.07, 6.45) is 1.72. The molecular formula is C14H18N4O2. The quantitative estimate of drug-likeness (QED) is 0.776. The third kappa shape index (κ3) is 3.23. The van der Waals surface area contributed by atoms with Crippen LogP contribution in [-0.4, -0.2) is 35.6 Å². The summed E-state index contributed by atoms with van der Waals surface area (Å²) >= 11 is 0. The molecule has 6 nitrogen and oxygen atoms in total. The maximum atomic E-state index is 11.8. The van der Waals surface area contributed by atoms with Gasteiger partial charge in [0.1, 0.15) is 11.8 Å². The minimum absolute atomic E-state index is 0.140. The summed E-state index contributed by atoms with van der Waals surface area (Å²) < 4.78 is 5.08. The predicted octanol–water partition coefficient (Wildman–Crippen LogP) is 1.44. The van der Waals surface area contributed by atoms with Gasteiger partial charge in [-0.05, 0) is 32.8 Å². The van der Waals surface area contributed by atoms with Gasteiger partial charge in [-0.15, -0.1) is 0 Å². The molecule has 1 aromatic rings. The molecule has 1 aromatic heterocycles. The normalized spacial score (nSPS) is 18.4. The second kappa shape index (κ2) is 6.33. The molecule has 20 heavy (non-hydrogen) atoms. The van der Waals surface area contributed by atoms with Crippen molar-refractivity contribution in [1.82, 2.24) is 9.97 Å². The molecule has 0 aromatic carbocycles. The summed E-state index contributed by atoms with van der Waals surface area (Å²) in [6, 6.07) is 3.68. The van der Waals surface area contributed by atoms with E-state index >= 15 is 0 Å². The van der Waals surface area contributed by atoms with Crippen molar-refractivity contribution in [3.8, 4) is 6.07 Å². The monoisotopic (exact) mass is 274 g/mol. The number of esters is 1. The maximum Gasteiger partial charge on any atom is 0.310 e. The smallest absolute Gasteiger partial charge is 0.310 e. The van der Waals surface area contributed by atoms with Crippen LogP contribution in [0.15, 0.2) is 6.07 Å². The molecule has 1 fully saturated rings. The van der Waals surface area contributed by atoms with E-state index in [4.69, 9.17) is 10.00 Å². The molecule has 1 aliphatic rings. The summed E-state index contributed by atoms with van der Waals surface area (Å²) in [7, 11) is 0. The average molecular weight is 274 g/mol. The van der Waals surface area contributed by atoms with E-state index in [1.165, 1.54) is 0 Å². The molecule has 0 aliphatic carbocycles. The number of hydrogen-bond acceptors (Lipinski definition) is 6. The van der Waals surface area contributed by atoms with Crippen LogP contribution < -0.4 is 4.90 Å². The minimum Gasteiger partial charge on any atom is -0.466 e. The Morgan fingerprint density at radius 3 is 3.10 bits per heavy atom. The third-order valence-electron chi connectivity index (χ3n) is 3.28. The topological polar surface area (TPSA) is 79.1 Å². The van der Waals surface area contributed by atoms with Crippen LogP contribution in [0.4, 0.5) is 5.95 Å². The lowest BCUT2D eigenvalue weighted by atomic mass is 9.98. The van der Waals surface area contributed by atoms with E-state index in [9.17, 15) is 4.79 Å². The van der Waals surface area contributed by atoms with Crippen molar-refractivity contribution >= 4 is 11.9 Å². The Balaban J connectivity index is 2.15. The van der Waals surface area contributed by atoms with Gasteiger partial charge in [0.05, 0.1) is 12.5 Å². The van der Waals surface area contributed by atoms with Gasteiger partial charge >= 0.3 is 5.97 Å². The lowest BCUT2D eigenvalue weighted by Gasteiger charge is -2.31. The molecule has 1 atom stereocenters. The zero-order valence-corrected chi connectivity index (χ0v) is 11.8. The zero-order chi connectivity index (χ0) is 14.5. The van der Waals surface area contributed by atoms with Crippen molar-refractivity contribution in [2.75, 3.05) is 24.6 Å². The molecule has 0 saturated carbocycles. The molecule has 6 heteroatoms. The van der Waals surface area contributed by atoms with Gasteiger partial charge < -0.3 is 9.64 Å². The van der Waals surface area contributed by atoms with Gasteiger partial charge in [0.2, 0.25) is 5.95 Å². The van der Waals surface area contributed by atoms with E-state index in [2.05, 4.69) is 9.97 Å². The molecular weight excluding hydrogens is 256 g/mol. The summed E-state index contributed by atoms with van der Waals surface area (Å²) in [4.78, 5) is 22.4. The number of rotatable bonds is 3. The highest BCUT2D eigenvalue weighted by Crippen LogP contribution is 2.22. The number of nitriles is 1. The number of anilines is 1. The molecule has 0 N–H and O–H groups in total. The highest BCUT2D eigenvalue weighted by Gasteiger charge is 2.28. The molecule has 1 saturated heterocycles. The first-order chi connectivity index (χ1) is 9.63. The lowest BCUT2D eigenvalue weighted by Crippen LogP contribution is -2.40.